The molecular formula is C17H18N4O3. The number of carbonyl (C=O) groups excluding carboxylic acids is 1. The molecule has 0 fully saturated rings. The number of ether oxygens (including phenoxy) is 2. The Hall–Kier alpha value is -3.09. The normalized spacial score (nSPS) is 12.0. The minimum Gasteiger partial charge on any atom is -0.493 e. The number of hydrogen-bond acceptors (Lipinski definition) is 5. The van der Waals surface area contributed by atoms with E-state index >= 15 is 0 Å². The SMILES string of the molecule is COc1ccc(NC(=O)C(C)n2nnc3ccccc32)cc1OC. The van der Waals surface area contributed by atoms with Gasteiger partial charge in [-0.15, -0.1) is 5.10 Å². The van der Waals surface area contributed by atoms with E-state index < -0.39 is 6.04 Å². The van der Waals surface area contributed by atoms with E-state index in [0.29, 0.717) is 17.2 Å². The fourth-order valence-corrected chi connectivity index (χ4v) is 2.44. The van der Waals surface area contributed by atoms with Gasteiger partial charge < -0.3 is 14.8 Å². The zero-order valence-corrected chi connectivity index (χ0v) is 13.7. The average molecular weight is 326 g/mol. The molecule has 1 heterocycles. The molecule has 0 aliphatic rings. The Bertz CT molecular complexity index is 875. The third-order valence-corrected chi connectivity index (χ3v) is 3.77. The van der Waals surface area contributed by atoms with Crippen LogP contribution in [-0.4, -0.2) is 35.1 Å². The fourth-order valence-electron chi connectivity index (χ4n) is 2.44. The van der Waals surface area contributed by atoms with Crippen LogP contribution in [0.25, 0.3) is 11.0 Å². The van der Waals surface area contributed by atoms with Crippen molar-refractivity contribution >= 4 is 22.6 Å². The summed E-state index contributed by atoms with van der Waals surface area (Å²) in [6.07, 6.45) is 0. The Morgan fingerprint density at radius 2 is 1.88 bits per heavy atom. The van der Waals surface area contributed by atoms with E-state index in [0.717, 1.165) is 11.0 Å². The van der Waals surface area contributed by atoms with Gasteiger partial charge in [0.1, 0.15) is 11.6 Å². The summed E-state index contributed by atoms with van der Waals surface area (Å²) >= 11 is 0. The monoisotopic (exact) mass is 326 g/mol. The minimum absolute atomic E-state index is 0.196. The standard InChI is InChI=1S/C17H18N4O3/c1-11(21-14-7-5-4-6-13(14)19-20-21)17(22)18-12-8-9-15(23-2)16(10-12)24-3/h4-11H,1-3H3,(H,18,22). The lowest BCUT2D eigenvalue weighted by atomic mass is 10.2. The van der Waals surface area contributed by atoms with Gasteiger partial charge in [0.25, 0.3) is 0 Å². The topological polar surface area (TPSA) is 78.3 Å². The van der Waals surface area contributed by atoms with Gasteiger partial charge in [-0.2, -0.15) is 0 Å². The van der Waals surface area contributed by atoms with Crippen LogP contribution in [0.1, 0.15) is 13.0 Å². The van der Waals surface area contributed by atoms with Crippen molar-refractivity contribution in [3.8, 4) is 11.5 Å². The van der Waals surface area contributed by atoms with Gasteiger partial charge >= 0.3 is 0 Å². The van der Waals surface area contributed by atoms with Crippen molar-refractivity contribution < 1.29 is 14.3 Å². The first-order chi connectivity index (χ1) is 11.6. The Morgan fingerprint density at radius 1 is 1.12 bits per heavy atom. The highest BCUT2D eigenvalue weighted by atomic mass is 16.5. The van der Waals surface area contributed by atoms with Crippen molar-refractivity contribution in [2.75, 3.05) is 19.5 Å². The lowest BCUT2D eigenvalue weighted by Gasteiger charge is -2.14. The van der Waals surface area contributed by atoms with Crippen molar-refractivity contribution in [2.45, 2.75) is 13.0 Å². The zero-order chi connectivity index (χ0) is 17.1. The molecule has 7 heteroatoms. The van der Waals surface area contributed by atoms with Crippen molar-refractivity contribution in [2.24, 2.45) is 0 Å². The maximum absolute atomic E-state index is 12.5. The molecule has 1 atom stereocenters. The second-order valence-corrected chi connectivity index (χ2v) is 5.26. The molecule has 3 rings (SSSR count). The second-order valence-electron chi connectivity index (χ2n) is 5.26. The highest BCUT2D eigenvalue weighted by molar-refractivity contribution is 5.94. The number of benzene rings is 2. The van der Waals surface area contributed by atoms with Crippen LogP contribution in [0.5, 0.6) is 11.5 Å². The Morgan fingerprint density at radius 3 is 2.62 bits per heavy atom. The van der Waals surface area contributed by atoms with E-state index in [1.54, 1.807) is 44.0 Å². The molecule has 124 valence electrons. The maximum Gasteiger partial charge on any atom is 0.249 e. The number of nitrogens with one attached hydrogen (secondary N) is 1. The molecule has 1 N–H and O–H groups in total. The summed E-state index contributed by atoms with van der Waals surface area (Å²) in [4.78, 5) is 12.5. The smallest absolute Gasteiger partial charge is 0.249 e. The zero-order valence-electron chi connectivity index (χ0n) is 13.7. The first-order valence-electron chi connectivity index (χ1n) is 7.47. The molecular weight excluding hydrogens is 308 g/mol. The number of nitrogens with zero attached hydrogens (tertiary/aromatic N) is 3. The highest BCUT2D eigenvalue weighted by Gasteiger charge is 2.19. The lowest BCUT2D eigenvalue weighted by molar-refractivity contribution is -0.119. The number of rotatable bonds is 5. The van der Waals surface area contributed by atoms with Crippen LogP contribution in [0.3, 0.4) is 0 Å². The number of hydrogen-bond donors (Lipinski definition) is 1. The number of para-hydroxylation sites is 1. The van der Waals surface area contributed by atoms with Crippen molar-refractivity contribution in [1.29, 1.82) is 0 Å². The van der Waals surface area contributed by atoms with Crippen LogP contribution in [0.15, 0.2) is 42.5 Å². The summed E-state index contributed by atoms with van der Waals surface area (Å²) in [5.41, 5.74) is 2.18. The summed E-state index contributed by atoms with van der Waals surface area (Å²) in [5, 5.41) is 11.0. The van der Waals surface area contributed by atoms with Gasteiger partial charge in [0, 0.05) is 11.8 Å². The number of aromatic nitrogens is 3. The lowest BCUT2D eigenvalue weighted by Crippen LogP contribution is -2.24. The first-order valence-corrected chi connectivity index (χ1v) is 7.47. The molecule has 1 unspecified atom stereocenters. The molecule has 2 aromatic carbocycles. The highest BCUT2D eigenvalue weighted by Crippen LogP contribution is 2.30. The maximum atomic E-state index is 12.5. The van der Waals surface area contributed by atoms with E-state index in [9.17, 15) is 4.79 Å². The summed E-state index contributed by atoms with van der Waals surface area (Å²) in [6.45, 7) is 1.78. The van der Waals surface area contributed by atoms with Crippen molar-refractivity contribution in [1.82, 2.24) is 15.0 Å². The van der Waals surface area contributed by atoms with Crippen LogP contribution in [0.4, 0.5) is 5.69 Å². The largest absolute Gasteiger partial charge is 0.493 e. The van der Waals surface area contributed by atoms with Crippen molar-refractivity contribution in [3.63, 3.8) is 0 Å². The minimum atomic E-state index is -0.509. The molecule has 0 radical (unpaired) electrons. The third kappa shape index (κ3) is 2.88. The molecule has 24 heavy (non-hydrogen) atoms. The molecule has 1 amide bonds. The molecule has 0 aliphatic heterocycles. The van der Waals surface area contributed by atoms with Crippen LogP contribution >= 0.6 is 0 Å². The summed E-state index contributed by atoms with van der Waals surface area (Å²) in [7, 11) is 3.11. The molecule has 3 aromatic rings. The molecule has 0 aliphatic carbocycles. The quantitative estimate of drug-likeness (QED) is 0.780. The van der Waals surface area contributed by atoms with Gasteiger partial charge in [0.05, 0.1) is 19.7 Å². The van der Waals surface area contributed by atoms with Gasteiger partial charge in [-0.3, -0.25) is 4.79 Å². The van der Waals surface area contributed by atoms with E-state index in [1.165, 1.54) is 0 Å². The third-order valence-electron chi connectivity index (χ3n) is 3.77. The van der Waals surface area contributed by atoms with Crippen LogP contribution in [-0.2, 0) is 4.79 Å². The number of fused-ring (bicyclic) bond motifs is 1. The van der Waals surface area contributed by atoms with Gasteiger partial charge in [0.2, 0.25) is 5.91 Å². The summed E-state index contributed by atoms with van der Waals surface area (Å²) in [6, 6.07) is 12.2. The van der Waals surface area contributed by atoms with Gasteiger partial charge in [-0.25, -0.2) is 4.68 Å². The number of methoxy groups -OCH3 is 2. The number of amides is 1. The number of anilines is 1. The van der Waals surface area contributed by atoms with Gasteiger partial charge in [0.15, 0.2) is 11.5 Å². The molecule has 0 saturated heterocycles. The molecule has 0 saturated carbocycles. The van der Waals surface area contributed by atoms with Gasteiger partial charge in [-0.1, -0.05) is 17.3 Å². The summed E-state index contributed by atoms with van der Waals surface area (Å²) < 4.78 is 12.0. The Labute approximate surface area is 139 Å². The predicted molar refractivity (Wildman–Crippen MR) is 90.4 cm³/mol. The van der Waals surface area contributed by atoms with E-state index in [1.807, 2.05) is 24.3 Å². The first kappa shape index (κ1) is 15.8. The second kappa shape index (κ2) is 6.57. The number of carbonyl (C=O) groups is 1. The Balaban J connectivity index is 1.82. The van der Waals surface area contributed by atoms with Gasteiger partial charge in [-0.05, 0) is 31.2 Å². The van der Waals surface area contributed by atoms with E-state index in [2.05, 4.69) is 15.6 Å². The molecule has 0 bridgehead atoms. The molecule has 7 nitrogen and oxygen atoms in total. The van der Waals surface area contributed by atoms with Crippen molar-refractivity contribution in [3.05, 3.63) is 42.5 Å². The van der Waals surface area contributed by atoms with Crippen LogP contribution < -0.4 is 14.8 Å². The predicted octanol–water partition coefficient (Wildman–Crippen LogP) is 2.65. The van der Waals surface area contributed by atoms with E-state index in [4.69, 9.17) is 9.47 Å². The summed E-state index contributed by atoms with van der Waals surface area (Å²) in [5.74, 6) is 0.956. The van der Waals surface area contributed by atoms with Crippen LogP contribution in [0, 0.1) is 0 Å². The fraction of sp³-hybridized carbons (Fsp3) is 0.235. The average Bonchev–Trinajstić information content (AvgIpc) is 3.04. The Kier molecular flexibility index (Phi) is 4.33. The van der Waals surface area contributed by atoms with Crippen LogP contribution in [0.2, 0.25) is 0 Å². The van der Waals surface area contributed by atoms with E-state index in [-0.39, 0.29) is 5.91 Å². The molecule has 0 spiro atoms. The molecule has 1 aromatic heterocycles.